The van der Waals surface area contributed by atoms with Crippen molar-refractivity contribution in [1.29, 1.82) is 0 Å². The molecule has 0 saturated carbocycles. The van der Waals surface area contributed by atoms with Crippen LogP contribution in [0.4, 0.5) is 0 Å². The van der Waals surface area contributed by atoms with Crippen LogP contribution in [0.2, 0.25) is 0 Å². The summed E-state index contributed by atoms with van der Waals surface area (Å²) in [6, 6.07) is -1.17. The van der Waals surface area contributed by atoms with Gasteiger partial charge in [0.15, 0.2) is 6.04 Å². The van der Waals surface area contributed by atoms with E-state index in [1.807, 2.05) is 0 Å². The Morgan fingerprint density at radius 2 is 2.39 bits per heavy atom. The first-order valence-electron chi connectivity index (χ1n) is 5.39. The molecule has 1 aromatic heterocycles. The van der Waals surface area contributed by atoms with Gasteiger partial charge in [0.1, 0.15) is 5.82 Å². The molecule has 1 fully saturated rings. The largest absolute Gasteiger partial charge is 0.347 e. The van der Waals surface area contributed by atoms with Gasteiger partial charge in [0.05, 0.1) is 13.1 Å². The van der Waals surface area contributed by atoms with Crippen LogP contribution in [-0.2, 0) is 28.0 Å². The Morgan fingerprint density at radius 1 is 1.61 bits per heavy atom. The Kier molecular flexibility index (Phi) is 3.26. The van der Waals surface area contributed by atoms with Crippen molar-refractivity contribution in [2.24, 2.45) is 7.05 Å². The molecule has 1 atom stereocenters. The van der Waals surface area contributed by atoms with E-state index in [2.05, 4.69) is 20.9 Å². The van der Waals surface area contributed by atoms with E-state index in [9.17, 15) is 14.4 Å². The van der Waals surface area contributed by atoms with Gasteiger partial charge in [-0.15, -0.1) is 0 Å². The Morgan fingerprint density at radius 3 is 3.06 bits per heavy atom. The zero-order chi connectivity index (χ0) is 13.1. The second-order valence-electron chi connectivity index (χ2n) is 3.89. The fraction of sp³-hybridized carbons (Fsp3) is 0.400. The molecule has 0 aromatic carbocycles. The Balaban J connectivity index is 1.93. The summed E-state index contributed by atoms with van der Waals surface area (Å²) in [4.78, 5) is 38.3. The van der Waals surface area contributed by atoms with Crippen LogP contribution in [0.25, 0.3) is 0 Å². The lowest BCUT2D eigenvalue weighted by atomic mass is 10.2. The quantitative estimate of drug-likeness (QED) is 0.523. The molecule has 0 aliphatic carbocycles. The SMILES string of the molecule is Cn1ccnc1CNC(=O)[C@@H]1NC(=O)CNC1=O. The van der Waals surface area contributed by atoms with E-state index >= 15 is 0 Å². The van der Waals surface area contributed by atoms with Crippen molar-refractivity contribution in [3.05, 3.63) is 18.2 Å². The van der Waals surface area contributed by atoms with Gasteiger partial charge >= 0.3 is 0 Å². The first-order valence-corrected chi connectivity index (χ1v) is 5.39. The summed E-state index contributed by atoms with van der Waals surface area (Å²) in [5, 5.41) is 7.20. The predicted molar refractivity (Wildman–Crippen MR) is 60.0 cm³/mol. The number of aryl methyl sites for hydroxylation is 1. The van der Waals surface area contributed by atoms with Crippen LogP contribution in [0.5, 0.6) is 0 Å². The fourth-order valence-corrected chi connectivity index (χ4v) is 1.57. The molecule has 0 spiro atoms. The van der Waals surface area contributed by atoms with Gasteiger partial charge in [-0.1, -0.05) is 0 Å². The molecule has 1 aliphatic heterocycles. The van der Waals surface area contributed by atoms with Gasteiger partial charge in [-0.2, -0.15) is 0 Å². The van der Waals surface area contributed by atoms with Crippen molar-refractivity contribution in [2.45, 2.75) is 12.6 Å². The summed E-state index contributed by atoms with van der Waals surface area (Å²) in [7, 11) is 1.80. The van der Waals surface area contributed by atoms with Crippen molar-refractivity contribution >= 4 is 17.7 Å². The number of aromatic nitrogens is 2. The van der Waals surface area contributed by atoms with E-state index in [1.54, 1.807) is 24.0 Å². The molecule has 2 heterocycles. The summed E-state index contributed by atoms with van der Waals surface area (Å²) in [6.07, 6.45) is 3.35. The maximum atomic E-state index is 11.7. The highest BCUT2D eigenvalue weighted by Crippen LogP contribution is 1.95. The Hall–Kier alpha value is -2.38. The third-order valence-electron chi connectivity index (χ3n) is 2.59. The Bertz CT molecular complexity index is 495. The third kappa shape index (κ3) is 2.47. The summed E-state index contributed by atoms with van der Waals surface area (Å²) in [5.41, 5.74) is 0. The second kappa shape index (κ2) is 4.86. The topological polar surface area (TPSA) is 105 Å². The summed E-state index contributed by atoms with van der Waals surface area (Å²) in [5.74, 6) is -0.784. The standard InChI is InChI=1S/C10H13N5O3/c1-15-3-2-11-6(15)4-12-9(17)8-10(18)13-5-7(16)14-8/h2-3,8H,4-5H2,1H3,(H,12,17)(H,13,18)(H,14,16)/t8-/m0/s1. The van der Waals surface area contributed by atoms with Crippen molar-refractivity contribution in [3.8, 4) is 0 Å². The molecule has 0 radical (unpaired) electrons. The first kappa shape index (κ1) is 12.1. The van der Waals surface area contributed by atoms with E-state index in [0.29, 0.717) is 5.82 Å². The lowest BCUT2D eigenvalue weighted by molar-refractivity contribution is -0.140. The minimum atomic E-state index is -1.17. The Labute approximate surface area is 103 Å². The highest BCUT2D eigenvalue weighted by molar-refractivity contribution is 6.09. The molecule has 1 aromatic rings. The van der Waals surface area contributed by atoms with Gasteiger partial charge in [0.2, 0.25) is 5.91 Å². The normalized spacial score (nSPS) is 19.1. The molecule has 1 aliphatic rings. The lowest BCUT2D eigenvalue weighted by Crippen LogP contribution is -2.61. The fourth-order valence-electron chi connectivity index (χ4n) is 1.57. The van der Waals surface area contributed by atoms with Crippen molar-refractivity contribution in [3.63, 3.8) is 0 Å². The molecule has 8 heteroatoms. The van der Waals surface area contributed by atoms with Crippen LogP contribution in [-0.4, -0.2) is 39.9 Å². The lowest BCUT2D eigenvalue weighted by Gasteiger charge is -2.22. The van der Waals surface area contributed by atoms with Crippen LogP contribution in [0.3, 0.4) is 0 Å². The molecule has 8 nitrogen and oxygen atoms in total. The van der Waals surface area contributed by atoms with E-state index in [1.165, 1.54) is 0 Å². The second-order valence-corrected chi connectivity index (χ2v) is 3.89. The number of nitrogens with zero attached hydrogens (tertiary/aromatic N) is 2. The zero-order valence-electron chi connectivity index (χ0n) is 9.77. The summed E-state index contributed by atoms with van der Waals surface area (Å²) < 4.78 is 1.75. The average Bonchev–Trinajstić information content (AvgIpc) is 2.75. The van der Waals surface area contributed by atoms with Gasteiger partial charge in [-0.05, 0) is 0 Å². The molecule has 0 bridgehead atoms. The molecule has 18 heavy (non-hydrogen) atoms. The van der Waals surface area contributed by atoms with Crippen LogP contribution < -0.4 is 16.0 Å². The number of carbonyl (C=O) groups is 3. The van der Waals surface area contributed by atoms with Crippen LogP contribution in [0.1, 0.15) is 5.82 Å². The summed E-state index contributed by atoms with van der Waals surface area (Å²) in [6.45, 7) is 0.101. The van der Waals surface area contributed by atoms with Crippen LogP contribution >= 0.6 is 0 Å². The highest BCUT2D eigenvalue weighted by atomic mass is 16.2. The number of rotatable bonds is 3. The van der Waals surface area contributed by atoms with Crippen molar-refractivity contribution < 1.29 is 14.4 Å². The number of imidazole rings is 1. The smallest absolute Gasteiger partial charge is 0.252 e. The summed E-state index contributed by atoms with van der Waals surface area (Å²) >= 11 is 0. The van der Waals surface area contributed by atoms with E-state index in [0.717, 1.165) is 0 Å². The zero-order valence-corrected chi connectivity index (χ0v) is 9.77. The van der Waals surface area contributed by atoms with Gasteiger partial charge in [-0.3, -0.25) is 14.4 Å². The first-order chi connectivity index (χ1) is 8.58. The van der Waals surface area contributed by atoms with Gasteiger partial charge in [0, 0.05) is 19.4 Å². The minimum absolute atomic E-state index is 0.0953. The monoisotopic (exact) mass is 251 g/mol. The molecule has 2 rings (SSSR count). The average molecular weight is 251 g/mol. The van der Waals surface area contributed by atoms with Gasteiger partial charge in [-0.25, -0.2) is 4.98 Å². The maximum absolute atomic E-state index is 11.7. The van der Waals surface area contributed by atoms with Gasteiger partial charge in [0.25, 0.3) is 11.8 Å². The number of piperazine rings is 1. The van der Waals surface area contributed by atoms with Crippen molar-refractivity contribution in [1.82, 2.24) is 25.5 Å². The van der Waals surface area contributed by atoms with Crippen molar-refractivity contribution in [2.75, 3.05) is 6.54 Å². The van der Waals surface area contributed by atoms with Crippen LogP contribution in [0.15, 0.2) is 12.4 Å². The molecule has 1 saturated heterocycles. The molecular formula is C10H13N5O3. The minimum Gasteiger partial charge on any atom is -0.347 e. The molecule has 96 valence electrons. The van der Waals surface area contributed by atoms with E-state index < -0.39 is 17.9 Å². The number of amides is 3. The van der Waals surface area contributed by atoms with Crippen LogP contribution in [0, 0.1) is 0 Å². The number of carbonyl (C=O) groups excluding carboxylic acids is 3. The maximum Gasteiger partial charge on any atom is 0.252 e. The number of nitrogens with one attached hydrogen (secondary N) is 3. The predicted octanol–water partition coefficient (Wildman–Crippen LogP) is -2.35. The number of hydrogen-bond donors (Lipinski definition) is 3. The van der Waals surface area contributed by atoms with E-state index in [-0.39, 0.29) is 19.0 Å². The molecule has 0 unspecified atom stereocenters. The third-order valence-corrected chi connectivity index (χ3v) is 2.59. The molecule has 3 N–H and O–H groups in total. The molecule has 3 amide bonds. The number of hydrogen-bond acceptors (Lipinski definition) is 4. The van der Waals surface area contributed by atoms with Gasteiger partial charge < -0.3 is 20.5 Å². The molecular weight excluding hydrogens is 238 g/mol. The highest BCUT2D eigenvalue weighted by Gasteiger charge is 2.32. The van der Waals surface area contributed by atoms with E-state index in [4.69, 9.17) is 0 Å².